The molecule has 0 bridgehead atoms. The van der Waals surface area contributed by atoms with Gasteiger partial charge in [-0.05, 0) is 30.9 Å². The summed E-state index contributed by atoms with van der Waals surface area (Å²) in [5.74, 6) is 1.50. The lowest BCUT2D eigenvalue weighted by molar-refractivity contribution is 0.263. The van der Waals surface area contributed by atoms with Crippen LogP contribution in [-0.4, -0.2) is 40.8 Å². The van der Waals surface area contributed by atoms with E-state index in [1.54, 1.807) is 12.3 Å². The SMILES string of the molecule is N/C(=N/O)c1ccc(N2CCC(CCO)C2)nc1. The third-order valence-electron chi connectivity index (χ3n) is 3.30. The highest BCUT2D eigenvalue weighted by atomic mass is 16.4. The molecular weight excluding hydrogens is 232 g/mol. The van der Waals surface area contributed by atoms with Crippen molar-refractivity contribution >= 4 is 11.7 Å². The third kappa shape index (κ3) is 2.70. The molecule has 1 unspecified atom stereocenters. The number of oxime groups is 1. The molecular formula is C12H18N4O2. The molecule has 18 heavy (non-hydrogen) atoms. The van der Waals surface area contributed by atoms with Crippen molar-refractivity contribution in [3.63, 3.8) is 0 Å². The van der Waals surface area contributed by atoms with Gasteiger partial charge in [0.15, 0.2) is 5.84 Å². The van der Waals surface area contributed by atoms with Gasteiger partial charge in [-0.3, -0.25) is 0 Å². The van der Waals surface area contributed by atoms with Crippen molar-refractivity contribution < 1.29 is 10.3 Å². The number of hydrogen-bond acceptors (Lipinski definition) is 5. The van der Waals surface area contributed by atoms with Crippen molar-refractivity contribution in [3.05, 3.63) is 23.9 Å². The third-order valence-corrected chi connectivity index (χ3v) is 3.30. The van der Waals surface area contributed by atoms with Gasteiger partial charge < -0.3 is 20.9 Å². The van der Waals surface area contributed by atoms with E-state index in [1.807, 2.05) is 6.07 Å². The molecule has 0 aliphatic carbocycles. The maximum atomic E-state index is 8.92. The predicted octanol–water partition coefficient (Wildman–Crippen LogP) is 0.385. The van der Waals surface area contributed by atoms with Gasteiger partial charge in [0.1, 0.15) is 5.82 Å². The fraction of sp³-hybridized carbons (Fsp3) is 0.500. The number of pyridine rings is 1. The van der Waals surface area contributed by atoms with Crippen LogP contribution in [0.25, 0.3) is 0 Å². The minimum absolute atomic E-state index is 0.0635. The molecule has 2 heterocycles. The molecule has 98 valence electrons. The van der Waals surface area contributed by atoms with Gasteiger partial charge in [-0.2, -0.15) is 0 Å². The van der Waals surface area contributed by atoms with E-state index in [4.69, 9.17) is 16.0 Å². The minimum Gasteiger partial charge on any atom is -0.409 e. The fourth-order valence-electron chi connectivity index (χ4n) is 2.24. The summed E-state index contributed by atoms with van der Waals surface area (Å²) in [6, 6.07) is 3.66. The average molecular weight is 250 g/mol. The summed E-state index contributed by atoms with van der Waals surface area (Å²) in [5.41, 5.74) is 6.08. The molecule has 0 amide bonds. The van der Waals surface area contributed by atoms with Crippen molar-refractivity contribution in [1.82, 2.24) is 4.98 Å². The molecule has 1 fully saturated rings. The van der Waals surface area contributed by atoms with E-state index in [9.17, 15) is 0 Å². The molecule has 6 heteroatoms. The molecule has 1 saturated heterocycles. The van der Waals surface area contributed by atoms with Crippen LogP contribution < -0.4 is 10.6 Å². The standard InChI is InChI=1S/C12H18N4O2/c13-12(15-18)10-1-2-11(14-7-10)16-5-3-9(8-16)4-6-17/h1-2,7,9,17-18H,3-6,8H2,(H2,13,15). The minimum atomic E-state index is 0.0635. The van der Waals surface area contributed by atoms with Crippen LogP contribution >= 0.6 is 0 Å². The molecule has 0 spiro atoms. The van der Waals surface area contributed by atoms with Gasteiger partial charge >= 0.3 is 0 Å². The maximum Gasteiger partial charge on any atom is 0.171 e. The van der Waals surface area contributed by atoms with Gasteiger partial charge in [0, 0.05) is 31.5 Å². The van der Waals surface area contributed by atoms with Crippen LogP contribution in [0, 0.1) is 5.92 Å². The van der Waals surface area contributed by atoms with Crippen molar-refractivity contribution in [3.8, 4) is 0 Å². The molecule has 1 aliphatic rings. The Bertz CT molecular complexity index is 419. The lowest BCUT2D eigenvalue weighted by Gasteiger charge is -2.17. The Kier molecular flexibility index (Phi) is 3.99. The number of nitrogens with zero attached hydrogens (tertiary/aromatic N) is 3. The lowest BCUT2D eigenvalue weighted by atomic mass is 10.1. The first-order valence-electron chi connectivity index (χ1n) is 6.04. The van der Waals surface area contributed by atoms with E-state index < -0.39 is 0 Å². The summed E-state index contributed by atoms with van der Waals surface area (Å²) in [6.45, 7) is 2.13. The van der Waals surface area contributed by atoms with E-state index in [2.05, 4.69) is 15.0 Å². The Morgan fingerprint density at radius 1 is 1.56 bits per heavy atom. The Morgan fingerprint density at radius 3 is 3.00 bits per heavy atom. The van der Waals surface area contributed by atoms with E-state index >= 15 is 0 Å². The number of nitrogens with two attached hydrogens (primary N) is 1. The second-order valence-electron chi connectivity index (χ2n) is 4.50. The van der Waals surface area contributed by atoms with Crippen molar-refractivity contribution in [1.29, 1.82) is 0 Å². The summed E-state index contributed by atoms with van der Waals surface area (Å²) in [5, 5.41) is 20.4. The molecule has 1 aromatic rings. The normalized spacial score (nSPS) is 20.4. The Hall–Kier alpha value is -1.82. The number of aliphatic hydroxyl groups excluding tert-OH is 1. The first-order valence-corrected chi connectivity index (χ1v) is 6.04. The first-order chi connectivity index (χ1) is 8.74. The lowest BCUT2D eigenvalue weighted by Crippen LogP contribution is -2.21. The van der Waals surface area contributed by atoms with Crippen LogP contribution in [-0.2, 0) is 0 Å². The summed E-state index contributed by atoms with van der Waals surface area (Å²) in [7, 11) is 0. The van der Waals surface area contributed by atoms with Gasteiger partial charge in [-0.15, -0.1) is 0 Å². The van der Waals surface area contributed by atoms with Crippen LogP contribution in [0.2, 0.25) is 0 Å². The Labute approximate surface area is 106 Å². The van der Waals surface area contributed by atoms with Crippen molar-refractivity contribution in [2.75, 3.05) is 24.6 Å². The first kappa shape index (κ1) is 12.6. The van der Waals surface area contributed by atoms with Gasteiger partial charge in [0.25, 0.3) is 0 Å². The number of amidine groups is 1. The zero-order valence-corrected chi connectivity index (χ0v) is 10.2. The van der Waals surface area contributed by atoms with Crippen molar-refractivity contribution in [2.45, 2.75) is 12.8 Å². The Balaban J connectivity index is 2.02. The second-order valence-corrected chi connectivity index (χ2v) is 4.50. The van der Waals surface area contributed by atoms with E-state index in [0.29, 0.717) is 11.5 Å². The van der Waals surface area contributed by atoms with Crippen molar-refractivity contribution in [2.24, 2.45) is 16.8 Å². The summed E-state index contributed by atoms with van der Waals surface area (Å²) < 4.78 is 0. The zero-order valence-electron chi connectivity index (χ0n) is 10.2. The predicted molar refractivity (Wildman–Crippen MR) is 68.8 cm³/mol. The topological polar surface area (TPSA) is 95.0 Å². The van der Waals surface area contributed by atoms with Gasteiger partial charge in [-0.1, -0.05) is 5.16 Å². The van der Waals surface area contributed by atoms with Crippen LogP contribution in [0.5, 0.6) is 0 Å². The monoisotopic (exact) mass is 250 g/mol. The molecule has 0 aromatic carbocycles. The van der Waals surface area contributed by atoms with Crippen LogP contribution in [0.4, 0.5) is 5.82 Å². The number of aromatic nitrogens is 1. The quantitative estimate of drug-likeness (QED) is 0.311. The zero-order chi connectivity index (χ0) is 13.0. The molecule has 1 atom stereocenters. The average Bonchev–Trinajstić information content (AvgIpc) is 2.87. The molecule has 1 aromatic heterocycles. The number of hydrogen-bond donors (Lipinski definition) is 3. The van der Waals surface area contributed by atoms with Gasteiger partial charge in [-0.25, -0.2) is 4.98 Å². The molecule has 2 rings (SSSR count). The van der Waals surface area contributed by atoms with E-state index in [1.165, 1.54) is 0 Å². The molecule has 0 radical (unpaired) electrons. The highest BCUT2D eigenvalue weighted by molar-refractivity contribution is 5.96. The van der Waals surface area contributed by atoms with Crippen LogP contribution in [0.15, 0.2) is 23.5 Å². The molecule has 4 N–H and O–H groups in total. The largest absolute Gasteiger partial charge is 0.409 e. The van der Waals surface area contributed by atoms with Gasteiger partial charge in [0.2, 0.25) is 0 Å². The highest BCUT2D eigenvalue weighted by Crippen LogP contribution is 2.23. The molecule has 6 nitrogen and oxygen atoms in total. The fourth-order valence-corrected chi connectivity index (χ4v) is 2.24. The summed E-state index contributed by atoms with van der Waals surface area (Å²) >= 11 is 0. The summed E-state index contributed by atoms with van der Waals surface area (Å²) in [4.78, 5) is 6.51. The summed E-state index contributed by atoms with van der Waals surface area (Å²) in [6.07, 6.45) is 3.53. The van der Waals surface area contributed by atoms with E-state index in [-0.39, 0.29) is 12.4 Å². The molecule has 0 saturated carbocycles. The van der Waals surface area contributed by atoms with Gasteiger partial charge in [0.05, 0.1) is 0 Å². The second kappa shape index (κ2) is 5.68. The number of anilines is 1. The maximum absolute atomic E-state index is 8.92. The van der Waals surface area contributed by atoms with E-state index in [0.717, 1.165) is 31.7 Å². The van der Waals surface area contributed by atoms with Crippen LogP contribution in [0.3, 0.4) is 0 Å². The molecule has 1 aliphatic heterocycles. The highest BCUT2D eigenvalue weighted by Gasteiger charge is 2.22. The van der Waals surface area contributed by atoms with Crippen LogP contribution in [0.1, 0.15) is 18.4 Å². The number of rotatable bonds is 4. The Morgan fingerprint density at radius 2 is 2.39 bits per heavy atom. The smallest absolute Gasteiger partial charge is 0.171 e. The number of aliphatic hydroxyl groups is 1.